The number of ketones is 1. The highest BCUT2D eigenvalue weighted by Crippen LogP contribution is 2.29. The molecule has 2 rings (SSSR count). The molecule has 1 aromatic heterocycles. The molecule has 7 nitrogen and oxygen atoms in total. The van der Waals surface area contributed by atoms with Crippen LogP contribution in [0.1, 0.15) is 51.0 Å². The minimum Gasteiger partial charge on any atom is -0.503 e. The van der Waals surface area contributed by atoms with Crippen molar-refractivity contribution in [2.45, 2.75) is 52.7 Å². The van der Waals surface area contributed by atoms with Crippen LogP contribution in [0.25, 0.3) is 0 Å². The van der Waals surface area contributed by atoms with Crippen molar-refractivity contribution in [3.63, 3.8) is 0 Å². The smallest absolute Gasteiger partial charge is 0.309 e. The molecule has 0 aliphatic carbocycles. The highest BCUT2D eigenvalue weighted by Gasteiger charge is 2.30. The number of aromatic nitrogens is 1. The van der Waals surface area contributed by atoms with Crippen LogP contribution in [0.5, 0.6) is 17.2 Å². The molecule has 1 N–H and O–H groups in total. The Labute approximate surface area is 183 Å². The van der Waals surface area contributed by atoms with Crippen LogP contribution in [0.4, 0.5) is 0 Å². The second kappa shape index (κ2) is 11.3. The monoisotopic (exact) mass is 429 g/mol. The van der Waals surface area contributed by atoms with Gasteiger partial charge in [0.15, 0.2) is 23.0 Å². The molecule has 4 atom stereocenters. The fraction of sp³-hybridized carbons (Fsp3) is 0.458. The summed E-state index contributed by atoms with van der Waals surface area (Å²) in [6.45, 7) is 7.50. The molecule has 0 amide bonds. The predicted octanol–water partition coefficient (Wildman–Crippen LogP) is 4.43. The van der Waals surface area contributed by atoms with E-state index in [1.165, 1.54) is 19.4 Å². The van der Waals surface area contributed by atoms with Gasteiger partial charge < -0.3 is 19.3 Å². The number of nitrogens with zero attached hydrogens (tertiary/aromatic N) is 1. The number of Topliss-reactive ketones (excluding diaryl/α,β-unsaturated/α-hetero) is 1. The van der Waals surface area contributed by atoms with E-state index in [1.807, 2.05) is 37.3 Å². The Morgan fingerprint density at radius 2 is 1.77 bits per heavy atom. The first-order valence-corrected chi connectivity index (χ1v) is 10.5. The van der Waals surface area contributed by atoms with Crippen LogP contribution in [0.2, 0.25) is 0 Å². The lowest BCUT2D eigenvalue weighted by molar-refractivity contribution is -0.158. The van der Waals surface area contributed by atoms with Crippen LogP contribution in [-0.2, 0) is 9.53 Å². The zero-order chi connectivity index (χ0) is 23.0. The number of ether oxygens (including phenoxy) is 3. The number of pyridine rings is 1. The molecule has 31 heavy (non-hydrogen) atoms. The SMILES string of the molecule is CC[C@H](C)[C@@H](Oc1ccccc1)[C@H](C)OC(=O)[C@H](C)CC(=O)c1nccc(OC)c1O. The van der Waals surface area contributed by atoms with E-state index in [-0.39, 0.29) is 35.6 Å². The molecule has 0 radical (unpaired) electrons. The average molecular weight is 430 g/mol. The normalized spacial score (nSPS) is 14.7. The lowest BCUT2D eigenvalue weighted by atomic mass is 9.97. The van der Waals surface area contributed by atoms with Crippen molar-refractivity contribution in [2.75, 3.05) is 7.11 Å². The molecule has 0 aliphatic rings. The summed E-state index contributed by atoms with van der Waals surface area (Å²) in [7, 11) is 1.38. The van der Waals surface area contributed by atoms with Gasteiger partial charge in [0.1, 0.15) is 18.0 Å². The molecule has 0 unspecified atom stereocenters. The van der Waals surface area contributed by atoms with Gasteiger partial charge in [-0.05, 0) is 31.4 Å². The maximum atomic E-state index is 12.7. The predicted molar refractivity (Wildman–Crippen MR) is 116 cm³/mol. The number of esters is 1. The van der Waals surface area contributed by atoms with E-state index in [2.05, 4.69) is 11.9 Å². The van der Waals surface area contributed by atoms with Crippen LogP contribution >= 0.6 is 0 Å². The van der Waals surface area contributed by atoms with E-state index in [4.69, 9.17) is 14.2 Å². The Morgan fingerprint density at radius 3 is 2.39 bits per heavy atom. The van der Waals surface area contributed by atoms with E-state index in [0.717, 1.165) is 6.42 Å². The quantitative estimate of drug-likeness (QED) is 0.417. The zero-order valence-electron chi connectivity index (χ0n) is 18.7. The molecular weight excluding hydrogens is 398 g/mol. The molecule has 0 bridgehead atoms. The van der Waals surface area contributed by atoms with Crippen molar-refractivity contribution >= 4 is 11.8 Å². The van der Waals surface area contributed by atoms with Gasteiger partial charge in [-0.3, -0.25) is 9.59 Å². The second-order valence-corrected chi connectivity index (χ2v) is 7.66. The minimum atomic E-state index is -0.711. The maximum absolute atomic E-state index is 12.7. The molecule has 0 spiro atoms. The third-order valence-corrected chi connectivity index (χ3v) is 5.25. The number of rotatable bonds is 11. The van der Waals surface area contributed by atoms with Gasteiger partial charge in [-0.15, -0.1) is 0 Å². The number of carbonyl (C=O) groups is 2. The third kappa shape index (κ3) is 6.44. The lowest BCUT2D eigenvalue weighted by Crippen LogP contribution is -2.39. The molecule has 168 valence electrons. The number of methoxy groups -OCH3 is 1. The topological polar surface area (TPSA) is 95.0 Å². The summed E-state index contributed by atoms with van der Waals surface area (Å²) in [5.41, 5.74) is -0.128. The highest BCUT2D eigenvalue weighted by molar-refractivity contribution is 5.99. The van der Waals surface area contributed by atoms with Crippen LogP contribution in [0, 0.1) is 11.8 Å². The standard InChI is InChI=1S/C24H31NO6/c1-6-15(2)23(31-18-10-8-7-9-11-18)17(4)30-24(28)16(3)14-19(26)21-22(27)20(29-5)12-13-25-21/h7-13,15-17,23,27H,6,14H2,1-5H3/t15-,16+,17-,23+/m0/s1. The van der Waals surface area contributed by atoms with Gasteiger partial charge in [-0.1, -0.05) is 39.0 Å². The molecular formula is C24H31NO6. The Balaban J connectivity index is 2.03. The van der Waals surface area contributed by atoms with Gasteiger partial charge in [-0.25, -0.2) is 4.98 Å². The van der Waals surface area contributed by atoms with E-state index >= 15 is 0 Å². The fourth-order valence-corrected chi connectivity index (χ4v) is 3.19. The third-order valence-electron chi connectivity index (χ3n) is 5.25. The van der Waals surface area contributed by atoms with Crippen molar-refractivity contribution in [1.29, 1.82) is 0 Å². The van der Waals surface area contributed by atoms with E-state index in [9.17, 15) is 14.7 Å². The number of carbonyl (C=O) groups excluding carboxylic acids is 2. The lowest BCUT2D eigenvalue weighted by Gasteiger charge is -2.30. The molecule has 1 heterocycles. The van der Waals surface area contributed by atoms with Crippen LogP contribution in [0.3, 0.4) is 0 Å². The summed E-state index contributed by atoms with van der Waals surface area (Å²) in [6, 6.07) is 10.8. The number of benzene rings is 1. The van der Waals surface area contributed by atoms with Gasteiger partial charge in [0.25, 0.3) is 0 Å². The summed E-state index contributed by atoms with van der Waals surface area (Å²) in [6.07, 6.45) is 1.24. The van der Waals surface area contributed by atoms with Gasteiger partial charge in [-0.2, -0.15) is 0 Å². The molecule has 2 aromatic rings. The fourth-order valence-electron chi connectivity index (χ4n) is 3.19. The van der Waals surface area contributed by atoms with Crippen molar-refractivity contribution in [3.8, 4) is 17.2 Å². The number of aromatic hydroxyl groups is 1. The Morgan fingerprint density at radius 1 is 1.10 bits per heavy atom. The molecule has 0 saturated heterocycles. The first kappa shape index (κ1) is 24.2. The maximum Gasteiger partial charge on any atom is 0.309 e. The average Bonchev–Trinajstić information content (AvgIpc) is 2.77. The van der Waals surface area contributed by atoms with Gasteiger partial charge in [0, 0.05) is 18.7 Å². The van der Waals surface area contributed by atoms with Gasteiger partial charge in [0.2, 0.25) is 0 Å². The summed E-state index contributed by atoms with van der Waals surface area (Å²) in [5.74, 6) is -1.01. The van der Waals surface area contributed by atoms with E-state index in [0.29, 0.717) is 5.75 Å². The zero-order valence-corrected chi connectivity index (χ0v) is 18.7. The summed E-state index contributed by atoms with van der Waals surface area (Å²) in [5, 5.41) is 10.1. The first-order valence-electron chi connectivity index (χ1n) is 10.5. The van der Waals surface area contributed by atoms with Crippen LogP contribution in [-0.4, -0.2) is 41.2 Å². The van der Waals surface area contributed by atoms with Crippen molar-refractivity contribution in [1.82, 2.24) is 4.98 Å². The molecule has 0 fully saturated rings. The molecule has 1 aromatic carbocycles. The Bertz CT molecular complexity index is 870. The first-order chi connectivity index (χ1) is 14.8. The minimum absolute atomic E-state index is 0.128. The van der Waals surface area contributed by atoms with Crippen LogP contribution < -0.4 is 9.47 Å². The van der Waals surface area contributed by atoms with E-state index in [1.54, 1.807) is 13.8 Å². The van der Waals surface area contributed by atoms with Crippen molar-refractivity contribution in [3.05, 3.63) is 48.3 Å². The summed E-state index contributed by atoms with van der Waals surface area (Å²) >= 11 is 0. The van der Waals surface area contributed by atoms with Gasteiger partial charge in [0.05, 0.1) is 13.0 Å². The number of hydrogen-bond donors (Lipinski definition) is 1. The Kier molecular flexibility index (Phi) is 8.85. The second-order valence-electron chi connectivity index (χ2n) is 7.66. The molecule has 0 aliphatic heterocycles. The molecule has 0 saturated carbocycles. The number of para-hydroxylation sites is 1. The largest absolute Gasteiger partial charge is 0.503 e. The number of hydrogen-bond acceptors (Lipinski definition) is 7. The van der Waals surface area contributed by atoms with Crippen molar-refractivity contribution < 1.29 is 28.9 Å². The molecule has 7 heteroatoms. The summed E-state index contributed by atoms with van der Waals surface area (Å²) in [4.78, 5) is 29.1. The summed E-state index contributed by atoms with van der Waals surface area (Å²) < 4.78 is 16.8. The van der Waals surface area contributed by atoms with Gasteiger partial charge >= 0.3 is 5.97 Å². The highest BCUT2D eigenvalue weighted by atomic mass is 16.6. The van der Waals surface area contributed by atoms with E-state index < -0.39 is 23.8 Å². The van der Waals surface area contributed by atoms with Crippen molar-refractivity contribution in [2.24, 2.45) is 11.8 Å². The van der Waals surface area contributed by atoms with Crippen LogP contribution in [0.15, 0.2) is 42.6 Å². The Hall–Kier alpha value is -3.09.